The van der Waals surface area contributed by atoms with Crippen molar-refractivity contribution in [3.05, 3.63) is 45.5 Å². The van der Waals surface area contributed by atoms with Gasteiger partial charge in [-0.05, 0) is 38.0 Å². The van der Waals surface area contributed by atoms with E-state index in [9.17, 15) is 14.4 Å². The fourth-order valence-corrected chi connectivity index (χ4v) is 3.62. The highest BCUT2D eigenvalue weighted by atomic mass is 35.5. The van der Waals surface area contributed by atoms with Gasteiger partial charge in [0.1, 0.15) is 12.4 Å². The van der Waals surface area contributed by atoms with Crippen LogP contribution in [0.1, 0.15) is 18.7 Å². The Balaban J connectivity index is 1.85. The summed E-state index contributed by atoms with van der Waals surface area (Å²) in [4.78, 5) is 43.2. The first-order valence-electron chi connectivity index (χ1n) is 9.73. The van der Waals surface area contributed by atoms with Crippen molar-refractivity contribution in [2.75, 3.05) is 25.5 Å². The van der Waals surface area contributed by atoms with Crippen LogP contribution in [0.25, 0.3) is 11.3 Å². The van der Waals surface area contributed by atoms with Gasteiger partial charge in [-0.15, -0.1) is 0 Å². The Hall–Kier alpha value is -3.38. The van der Waals surface area contributed by atoms with Gasteiger partial charge < -0.3 is 9.64 Å². The van der Waals surface area contributed by atoms with Crippen molar-refractivity contribution in [3.8, 4) is 17.3 Å². The standard InChI is InChI=1S/C21H22ClN5O4/c1-13-24-18(16-4-3-15(22)9-17(16)25-21(30)31-2)10-19(28)27(13)12-20(29)26-7-5-14(11-23)6-8-26/h3-4,9-10,14H,5-8,12H2,1-2H3,(H,25,30). The second kappa shape index (κ2) is 9.62. The molecule has 9 nitrogen and oxygen atoms in total. The average Bonchev–Trinajstić information content (AvgIpc) is 2.76. The minimum absolute atomic E-state index is 0.0263. The van der Waals surface area contributed by atoms with Gasteiger partial charge in [0.05, 0.1) is 24.6 Å². The number of halogens is 1. The molecule has 2 heterocycles. The molecule has 0 spiro atoms. The van der Waals surface area contributed by atoms with E-state index in [1.54, 1.807) is 24.0 Å². The fourth-order valence-electron chi connectivity index (χ4n) is 3.45. The topological polar surface area (TPSA) is 117 Å². The Labute approximate surface area is 184 Å². The number of nitrogens with one attached hydrogen (secondary N) is 1. The number of nitrogens with zero attached hydrogens (tertiary/aromatic N) is 4. The van der Waals surface area contributed by atoms with Gasteiger partial charge in [-0.3, -0.25) is 19.5 Å². The molecule has 10 heteroatoms. The summed E-state index contributed by atoms with van der Waals surface area (Å²) in [5, 5.41) is 11.9. The first-order chi connectivity index (χ1) is 14.8. The Kier molecular flexibility index (Phi) is 6.92. The highest BCUT2D eigenvalue weighted by Gasteiger charge is 2.23. The molecule has 2 aromatic rings. The van der Waals surface area contributed by atoms with Gasteiger partial charge in [0.15, 0.2) is 0 Å². The van der Waals surface area contributed by atoms with E-state index in [0.29, 0.717) is 53.7 Å². The molecule has 1 aromatic carbocycles. The molecule has 0 bridgehead atoms. The Morgan fingerprint density at radius 3 is 2.65 bits per heavy atom. The van der Waals surface area contributed by atoms with Crippen molar-refractivity contribution < 1.29 is 14.3 Å². The van der Waals surface area contributed by atoms with Gasteiger partial charge in [0.2, 0.25) is 5.91 Å². The molecule has 0 atom stereocenters. The lowest BCUT2D eigenvalue weighted by Crippen LogP contribution is -2.41. The largest absolute Gasteiger partial charge is 0.453 e. The van der Waals surface area contributed by atoms with Crippen molar-refractivity contribution >= 4 is 29.3 Å². The van der Waals surface area contributed by atoms with Gasteiger partial charge in [0.25, 0.3) is 5.56 Å². The second-order valence-electron chi connectivity index (χ2n) is 7.20. The molecule has 0 radical (unpaired) electrons. The number of benzene rings is 1. The van der Waals surface area contributed by atoms with E-state index >= 15 is 0 Å². The number of amides is 2. The first kappa shape index (κ1) is 22.3. The van der Waals surface area contributed by atoms with Crippen LogP contribution < -0.4 is 10.9 Å². The minimum atomic E-state index is -0.681. The maximum atomic E-state index is 12.8. The summed E-state index contributed by atoms with van der Waals surface area (Å²) in [5.74, 6) is 0.152. The fraction of sp³-hybridized carbons (Fsp3) is 0.381. The third-order valence-electron chi connectivity index (χ3n) is 5.20. The predicted octanol–water partition coefficient (Wildman–Crippen LogP) is 2.81. The Morgan fingerprint density at radius 1 is 1.32 bits per heavy atom. The lowest BCUT2D eigenvalue weighted by atomic mass is 9.98. The maximum Gasteiger partial charge on any atom is 0.411 e. The van der Waals surface area contributed by atoms with Crippen LogP contribution in [0.4, 0.5) is 10.5 Å². The van der Waals surface area contributed by atoms with Gasteiger partial charge in [-0.1, -0.05) is 11.6 Å². The molecule has 1 aromatic heterocycles. The van der Waals surface area contributed by atoms with Gasteiger partial charge in [-0.2, -0.15) is 5.26 Å². The summed E-state index contributed by atoms with van der Waals surface area (Å²) >= 11 is 6.03. The van der Waals surface area contributed by atoms with Crippen molar-refractivity contribution in [2.24, 2.45) is 5.92 Å². The monoisotopic (exact) mass is 443 g/mol. The quantitative estimate of drug-likeness (QED) is 0.776. The third-order valence-corrected chi connectivity index (χ3v) is 5.44. The smallest absolute Gasteiger partial charge is 0.411 e. The number of hydrogen-bond donors (Lipinski definition) is 1. The summed E-state index contributed by atoms with van der Waals surface area (Å²) in [6.45, 7) is 2.53. The number of carbonyl (C=O) groups is 2. The van der Waals surface area contributed by atoms with E-state index < -0.39 is 6.09 Å². The Morgan fingerprint density at radius 2 is 2.03 bits per heavy atom. The van der Waals surface area contributed by atoms with Gasteiger partial charge >= 0.3 is 6.09 Å². The number of likely N-dealkylation sites (tertiary alicyclic amines) is 1. The SMILES string of the molecule is COC(=O)Nc1cc(Cl)ccc1-c1cc(=O)n(CC(=O)N2CCC(C#N)CC2)c(C)n1. The molecule has 0 aliphatic carbocycles. The number of aryl methyl sites for hydroxylation is 1. The number of carbonyl (C=O) groups excluding carboxylic acids is 2. The zero-order chi connectivity index (χ0) is 22.5. The van der Waals surface area contributed by atoms with Crippen molar-refractivity contribution in [3.63, 3.8) is 0 Å². The maximum absolute atomic E-state index is 12.8. The van der Waals surface area contributed by atoms with E-state index in [0.717, 1.165) is 0 Å². The van der Waals surface area contributed by atoms with E-state index in [-0.39, 0.29) is 23.9 Å². The number of hydrogen-bond acceptors (Lipinski definition) is 6. The van der Waals surface area contributed by atoms with E-state index in [1.807, 2.05) is 0 Å². The molecule has 3 rings (SSSR count). The molecule has 0 saturated carbocycles. The number of nitriles is 1. The molecule has 1 N–H and O–H groups in total. The molecule has 1 saturated heterocycles. The number of aromatic nitrogens is 2. The van der Waals surface area contributed by atoms with Gasteiger partial charge in [0, 0.05) is 35.7 Å². The summed E-state index contributed by atoms with van der Waals surface area (Å²) in [6, 6.07) is 8.34. The van der Waals surface area contributed by atoms with E-state index in [2.05, 4.69) is 21.1 Å². The zero-order valence-corrected chi connectivity index (χ0v) is 18.0. The highest BCUT2D eigenvalue weighted by molar-refractivity contribution is 6.31. The lowest BCUT2D eigenvalue weighted by Gasteiger charge is -2.29. The highest BCUT2D eigenvalue weighted by Crippen LogP contribution is 2.29. The number of rotatable bonds is 4. The molecule has 162 valence electrons. The first-order valence-corrected chi connectivity index (χ1v) is 10.1. The molecule has 1 aliphatic heterocycles. The number of methoxy groups -OCH3 is 1. The molecule has 31 heavy (non-hydrogen) atoms. The molecular formula is C21H22ClN5O4. The van der Waals surface area contributed by atoms with E-state index in [4.69, 9.17) is 16.9 Å². The third kappa shape index (κ3) is 5.22. The molecule has 2 amide bonds. The average molecular weight is 444 g/mol. The lowest BCUT2D eigenvalue weighted by molar-refractivity contribution is -0.133. The van der Waals surface area contributed by atoms with Crippen LogP contribution in [0, 0.1) is 24.2 Å². The number of anilines is 1. The van der Waals surface area contributed by atoms with Crippen LogP contribution in [0.3, 0.4) is 0 Å². The summed E-state index contributed by atoms with van der Waals surface area (Å²) < 4.78 is 5.94. The molecule has 0 unspecified atom stereocenters. The van der Waals surface area contributed by atoms with Crippen LogP contribution in [-0.2, 0) is 16.1 Å². The second-order valence-corrected chi connectivity index (χ2v) is 7.64. The zero-order valence-electron chi connectivity index (χ0n) is 17.2. The van der Waals surface area contributed by atoms with Crippen LogP contribution in [0.2, 0.25) is 5.02 Å². The summed E-state index contributed by atoms with van der Waals surface area (Å²) in [6.07, 6.45) is 0.596. The summed E-state index contributed by atoms with van der Waals surface area (Å²) in [7, 11) is 1.24. The van der Waals surface area contributed by atoms with Crippen molar-refractivity contribution in [2.45, 2.75) is 26.3 Å². The molecular weight excluding hydrogens is 422 g/mol. The van der Waals surface area contributed by atoms with Crippen LogP contribution in [0.15, 0.2) is 29.1 Å². The molecule has 1 fully saturated rings. The Bertz CT molecular complexity index is 1100. The minimum Gasteiger partial charge on any atom is -0.453 e. The number of piperidine rings is 1. The van der Waals surface area contributed by atoms with Crippen molar-refractivity contribution in [1.29, 1.82) is 5.26 Å². The van der Waals surface area contributed by atoms with Crippen molar-refractivity contribution in [1.82, 2.24) is 14.5 Å². The number of ether oxygens (including phenoxy) is 1. The predicted molar refractivity (Wildman–Crippen MR) is 115 cm³/mol. The summed E-state index contributed by atoms with van der Waals surface area (Å²) in [5.41, 5.74) is 0.790. The van der Waals surface area contributed by atoms with E-state index in [1.165, 1.54) is 23.8 Å². The van der Waals surface area contributed by atoms with Gasteiger partial charge in [-0.25, -0.2) is 9.78 Å². The van der Waals surface area contributed by atoms with Crippen LogP contribution in [0.5, 0.6) is 0 Å². The molecule has 1 aliphatic rings. The normalized spacial score (nSPS) is 14.1. The van der Waals surface area contributed by atoms with Crippen LogP contribution >= 0.6 is 11.6 Å². The van der Waals surface area contributed by atoms with Crippen LogP contribution in [-0.4, -0.2) is 46.7 Å².